The molecule has 0 radical (unpaired) electrons. The van der Waals surface area contributed by atoms with E-state index in [1.54, 1.807) is 6.92 Å². The number of nitrogens with zero attached hydrogens (tertiary/aromatic N) is 3. The molecule has 106 valence electrons. The van der Waals surface area contributed by atoms with Gasteiger partial charge in [0.1, 0.15) is 5.82 Å². The maximum absolute atomic E-state index is 11.1. The molecule has 1 heterocycles. The molecule has 5 nitrogen and oxygen atoms in total. The number of nitrogens with two attached hydrogens (primary N) is 1. The first-order chi connectivity index (χ1) is 9.61. The van der Waals surface area contributed by atoms with Crippen LogP contribution in [-0.2, 0) is 17.8 Å². The summed E-state index contributed by atoms with van der Waals surface area (Å²) in [5, 5.41) is 8.84. The van der Waals surface area contributed by atoms with Gasteiger partial charge >= 0.3 is 0 Å². The highest BCUT2D eigenvalue weighted by Crippen LogP contribution is 2.22. The van der Waals surface area contributed by atoms with Crippen LogP contribution in [0.2, 0.25) is 0 Å². The molecular formula is C14H18N4OS. The van der Waals surface area contributed by atoms with Crippen molar-refractivity contribution in [2.45, 2.75) is 37.2 Å². The van der Waals surface area contributed by atoms with Crippen LogP contribution >= 0.6 is 11.8 Å². The second-order valence-electron chi connectivity index (χ2n) is 4.47. The molecule has 0 aliphatic carbocycles. The molecule has 6 heteroatoms. The largest absolute Gasteiger partial charge is 0.369 e. The summed E-state index contributed by atoms with van der Waals surface area (Å²) in [5.74, 6) is 0.558. The quantitative estimate of drug-likeness (QED) is 0.824. The maximum Gasteiger partial charge on any atom is 0.230 e. The molecule has 0 aliphatic rings. The molecule has 0 aliphatic heterocycles. The molecule has 0 saturated carbocycles. The van der Waals surface area contributed by atoms with Gasteiger partial charge in [0.15, 0.2) is 5.16 Å². The standard InChI is InChI=1S/C14H18N4OS/c1-3-18-12(9-11-7-5-4-6-8-11)16-17-14(18)20-10(2)13(15)19/h4-8,10H,3,9H2,1-2H3,(H2,15,19)/t10-/m1/s1. The van der Waals surface area contributed by atoms with E-state index in [4.69, 9.17) is 5.73 Å². The van der Waals surface area contributed by atoms with Gasteiger partial charge in [0.25, 0.3) is 0 Å². The molecule has 1 aromatic carbocycles. The van der Waals surface area contributed by atoms with Gasteiger partial charge in [-0.1, -0.05) is 42.1 Å². The van der Waals surface area contributed by atoms with Crippen molar-refractivity contribution in [3.63, 3.8) is 0 Å². The van der Waals surface area contributed by atoms with Crippen LogP contribution in [0.3, 0.4) is 0 Å². The summed E-state index contributed by atoms with van der Waals surface area (Å²) in [6.07, 6.45) is 0.729. The summed E-state index contributed by atoms with van der Waals surface area (Å²) < 4.78 is 2.02. The van der Waals surface area contributed by atoms with E-state index in [-0.39, 0.29) is 11.2 Å². The number of hydrogen-bond donors (Lipinski definition) is 1. The number of aromatic nitrogens is 3. The molecule has 2 aromatic rings. The molecule has 0 spiro atoms. The number of primary amides is 1. The number of benzene rings is 1. The lowest BCUT2D eigenvalue weighted by atomic mass is 10.1. The number of carbonyl (C=O) groups is 1. The third kappa shape index (κ3) is 3.39. The second-order valence-corrected chi connectivity index (χ2v) is 5.78. The summed E-state index contributed by atoms with van der Waals surface area (Å²) in [6.45, 7) is 4.58. The average Bonchev–Trinajstić information content (AvgIpc) is 2.81. The van der Waals surface area contributed by atoms with Crippen LogP contribution in [0.5, 0.6) is 0 Å². The summed E-state index contributed by atoms with van der Waals surface area (Å²) in [7, 11) is 0. The van der Waals surface area contributed by atoms with Crippen molar-refractivity contribution in [1.29, 1.82) is 0 Å². The van der Waals surface area contributed by atoms with Gasteiger partial charge in [0.2, 0.25) is 5.91 Å². The van der Waals surface area contributed by atoms with Crippen LogP contribution in [0.4, 0.5) is 0 Å². The molecule has 20 heavy (non-hydrogen) atoms. The number of thioether (sulfide) groups is 1. The highest BCUT2D eigenvalue weighted by atomic mass is 32.2. The SMILES string of the molecule is CCn1c(Cc2ccccc2)nnc1S[C@H](C)C(N)=O. The van der Waals surface area contributed by atoms with Crippen LogP contribution < -0.4 is 5.73 Å². The number of carbonyl (C=O) groups excluding carboxylic acids is 1. The van der Waals surface area contributed by atoms with Gasteiger partial charge in [-0.05, 0) is 19.4 Å². The highest BCUT2D eigenvalue weighted by molar-refractivity contribution is 8.00. The molecule has 2 N–H and O–H groups in total. The van der Waals surface area contributed by atoms with Gasteiger partial charge in [-0.15, -0.1) is 10.2 Å². The Morgan fingerprint density at radius 2 is 2.05 bits per heavy atom. The van der Waals surface area contributed by atoms with Gasteiger partial charge in [0, 0.05) is 13.0 Å². The molecule has 0 fully saturated rings. The number of hydrogen-bond acceptors (Lipinski definition) is 4. The molecule has 1 aromatic heterocycles. The van der Waals surface area contributed by atoms with E-state index in [1.807, 2.05) is 29.7 Å². The Hall–Kier alpha value is -1.82. The molecule has 2 rings (SSSR count). The molecule has 1 amide bonds. The summed E-state index contributed by atoms with van der Waals surface area (Å²) in [4.78, 5) is 11.1. The van der Waals surface area contributed by atoms with E-state index in [0.717, 1.165) is 23.9 Å². The molecule has 0 bridgehead atoms. The van der Waals surface area contributed by atoms with Crippen molar-refractivity contribution in [3.05, 3.63) is 41.7 Å². The monoisotopic (exact) mass is 290 g/mol. The molecular weight excluding hydrogens is 272 g/mol. The van der Waals surface area contributed by atoms with Crippen molar-refractivity contribution in [2.24, 2.45) is 5.73 Å². The Morgan fingerprint density at radius 1 is 1.35 bits per heavy atom. The minimum atomic E-state index is -0.342. The highest BCUT2D eigenvalue weighted by Gasteiger charge is 2.17. The predicted molar refractivity (Wildman–Crippen MR) is 79.5 cm³/mol. The first-order valence-electron chi connectivity index (χ1n) is 6.53. The Bertz CT molecular complexity index is 582. The minimum Gasteiger partial charge on any atom is -0.369 e. The number of amides is 1. The minimum absolute atomic E-state index is 0.311. The van der Waals surface area contributed by atoms with Gasteiger partial charge in [-0.3, -0.25) is 4.79 Å². The van der Waals surface area contributed by atoms with Gasteiger partial charge < -0.3 is 10.3 Å². The molecule has 1 atom stereocenters. The van der Waals surface area contributed by atoms with Gasteiger partial charge in [0.05, 0.1) is 5.25 Å². The normalized spacial score (nSPS) is 12.3. The third-order valence-electron chi connectivity index (χ3n) is 3.00. The van der Waals surface area contributed by atoms with Crippen molar-refractivity contribution in [3.8, 4) is 0 Å². The smallest absolute Gasteiger partial charge is 0.230 e. The van der Waals surface area contributed by atoms with Crippen LogP contribution in [0.25, 0.3) is 0 Å². The first-order valence-corrected chi connectivity index (χ1v) is 7.41. The van der Waals surface area contributed by atoms with E-state index < -0.39 is 0 Å². The first kappa shape index (κ1) is 14.6. The third-order valence-corrected chi connectivity index (χ3v) is 4.10. The van der Waals surface area contributed by atoms with Crippen molar-refractivity contribution < 1.29 is 4.79 Å². The lowest BCUT2D eigenvalue weighted by Crippen LogP contribution is -2.23. The van der Waals surface area contributed by atoms with E-state index in [9.17, 15) is 4.79 Å². The second kappa shape index (κ2) is 6.56. The maximum atomic E-state index is 11.1. The van der Waals surface area contributed by atoms with E-state index in [1.165, 1.54) is 17.3 Å². The zero-order valence-corrected chi connectivity index (χ0v) is 12.4. The van der Waals surface area contributed by atoms with E-state index in [2.05, 4.69) is 22.3 Å². The fraction of sp³-hybridized carbons (Fsp3) is 0.357. The van der Waals surface area contributed by atoms with Crippen LogP contribution in [0, 0.1) is 0 Å². The molecule has 0 unspecified atom stereocenters. The number of rotatable bonds is 6. The lowest BCUT2D eigenvalue weighted by Gasteiger charge is -2.09. The van der Waals surface area contributed by atoms with E-state index >= 15 is 0 Å². The Morgan fingerprint density at radius 3 is 2.65 bits per heavy atom. The zero-order chi connectivity index (χ0) is 14.5. The zero-order valence-electron chi connectivity index (χ0n) is 11.6. The predicted octanol–water partition coefficient (Wildman–Crippen LogP) is 1.85. The fourth-order valence-electron chi connectivity index (χ4n) is 1.85. The van der Waals surface area contributed by atoms with Crippen molar-refractivity contribution in [1.82, 2.24) is 14.8 Å². The van der Waals surface area contributed by atoms with Crippen LogP contribution in [0.1, 0.15) is 25.2 Å². The Balaban J connectivity index is 2.19. The topological polar surface area (TPSA) is 73.8 Å². The van der Waals surface area contributed by atoms with Crippen molar-refractivity contribution >= 4 is 17.7 Å². The summed E-state index contributed by atoms with van der Waals surface area (Å²) in [6, 6.07) is 10.1. The summed E-state index contributed by atoms with van der Waals surface area (Å²) in [5.41, 5.74) is 6.48. The lowest BCUT2D eigenvalue weighted by molar-refractivity contribution is -0.117. The average molecular weight is 290 g/mol. The Kier molecular flexibility index (Phi) is 4.79. The fourth-order valence-corrected chi connectivity index (χ4v) is 2.73. The van der Waals surface area contributed by atoms with Crippen LogP contribution in [-0.4, -0.2) is 25.9 Å². The van der Waals surface area contributed by atoms with Crippen LogP contribution in [0.15, 0.2) is 35.5 Å². The van der Waals surface area contributed by atoms with Crippen molar-refractivity contribution in [2.75, 3.05) is 0 Å². The van der Waals surface area contributed by atoms with E-state index in [0.29, 0.717) is 0 Å². The molecule has 0 saturated heterocycles. The van der Waals surface area contributed by atoms with Gasteiger partial charge in [-0.25, -0.2) is 0 Å². The Labute approximate surface area is 122 Å². The summed E-state index contributed by atoms with van der Waals surface area (Å²) >= 11 is 1.35. The van der Waals surface area contributed by atoms with Gasteiger partial charge in [-0.2, -0.15) is 0 Å².